The van der Waals surface area contributed by atoms with E-state index in [-0.39, 0.29) is 18.0 Å². The van der Waals surface area contributed by atoms with E-state index in [1.165, 1.54) is 19.3 Å². The van der Waals surface area contributed by atoms with Crippen molar-refractivity contribution in [3.8, 4) is 0 Å². The quantitative estimate of drug-likeness (QED) is 0.803. The van der Waals surface area contributed by atoms with Crippen molar-refractivity contribution < 1.29 is 9.53 Å². The van der Waals surface area contributed by atoms with Crippen molar-refractivity contribution in [2.24, 2.45) is 29.4 Å². The predicted octanol–water partition coefficient (Wildman–Crippen LogP) is 3.90. The summed E-state index contributed by atoms with van der Waals surface area (Å²) in [4.78, 5) is 12.7. The van der Waals surface area contributed by atoms with E-state index < -0.39 is 5.54 Å². The van der Waals surface area contributed by atoms with Gasteiger partial charge in [0.2, 0.25) is 0 Å². The molecule has 0 saturated heterocycles. The van der Waals surface area contributed by atoms with Gasteiger partial charge in [-0.15, -0.1) is 0 Å². The van der Waals surface area contributed by atoms with E-state index in [0.29, 0.717) is 17.8 Å². The van der Waals surface area contributed by atoms with E-state index in [1.807, 2.05) is 0 Å². The highest BCUT2D eigenvalue weighted by molar-refractivity contribution is 5.81. The monoisotopic (exact) mass is 295 g/mol. The van der Waals surface area contributed by atoms with E-state index in [2.05, 4.69) is 27.7 Å². The molecule has 0 bridgehead atoms. The molecule has 0 aromatic heterocycles. The fourth-order valence-electron chi connectivity index (χ4n) is 4.17. The Labute approximate surface area is 130 Å². The molecule has 0 aromatic carbocycles. The van der Waals surface area contributed by atoms with Crippen LogP contribution in [-0.2, 0) is 9.53 Å². The molecule has 5 atom stereocenters. The van der Waals surface area contributed by atoms with Crippen molar-refractivity contribution in [3.05, 3.63) is 0 Å². The standard InChI is InChI=1S/C18H33NO2/c1-12(2)15-9-8-13(3)11-16(15)21-17(20)18(19)10-6-5-7-14(18)4/h12-16H,5-11,19H2,1-4H3. The van der Waals surface area contributed by atoms with E-state index in [9.17, 15) is 4.79 Å². The Bertz CT molecular complexity index is 368. The molecule has 2 rings (SSSR count). The first-order valence-corrected chi connectivity index (χ1v) is 8.84. The lowest BCUT2D eigenvalue weighted by atomic mass is 9.73. The number of carbonyl (C=O) groups excluding carboxylic acids is 1. The molecule has 2 saturated carbocycles. The molecule has 0 spiro atoms. The molecule has 2 N–H and O–H groups in total. The lowest BCUT2D eigenvalue weighted by Crippen LogP contribution is -2.57. The van der Waals surface area contributed by atoms with Gasteiger partial charge in [0.1, 0.15) is 11.6 Å². The molecule has 0 aromatic rings. The van der Waals surface area contributed by atoms with Crippen molar-refractivity contribution in [1.29, 1.82) is 0 Å². The maximum absolute atomic E-state index is 12.7. The lowest BCUT2D eigenvalue weighted by molar-refractivity contribution is -0.166. The van der Waals surface area contributed by atoms with Crippen LogP contribution >= 0.6 is 0 Å². The number of rotatable bonds is 3. The second-order valence-electron chi connectivity index (χ2n) is 7.96. The number of esters is 1. The van der Waals surface area contributed by atoms with Crippen LogP contribution < -0.4 is 5.73 Å². The van der Waals surface area contributed by atoms with Crippen LogP contribution in [0.15, 0.2) is 0 Å². The van der Waals surface area contributed by atoms with Crippen molar-refractivity contribution in [2.75, 3.05) is 0 Å². The zero-order valence-electron chi connectivity index (χ0n) is 14.2. The summed E-state index contributed by atoms with van der Waals surface area (Å²) >= 11 is 0. The second kappa shape index (κ2) is 6.68. The normalized spacial score (nSPS) is 41.0. The third-order valence-electron chi connectivity index (χ3n) is 5.96. The van der Waals surface area contributed by atoms with Crippen LogP contribution in [0.2, 0.25) is 0 Å². The summed E-state index contributed by atoms with van der Waals surface area (Å²) in [5.41, 5.74) is 5.70. The minimum absolute atomic E-state index is 0.0656. The average molecular weight is 295 g/mol. The lowest BCUT2D eigenvalue weighted by Gasteiger charge is -2.41. The third-order valence-corrected chi connectivity index (χ3v) is 5.96. The zero-order chi connectivity index (χ0) is 15.6. The minimum Gasteiger partial charge on any atom is -0.461 e. The zero-order valence-corrected chi connectivity index (χ0v) is 14.2. The van der Waals surface area contributed by atoms with Gasteiger partial charge in [0, 0.05) is 0 Å². The van der Waals surface area contributed by atoms with Gasteiger partial charge in [0.05, 0.1) is 0 Å². The van der Waals surface area contributed by atoms with E-state index in [4.69, 9.17) is 10.5 Å². The van der Waals surface area contributed by atoms with Crippen LogP contribution in [0.1, 0.15) is 72.6 Å². The number of hydrogen-bond donors (Lipinski definition) is 1. The summed E-state index contributed by atoms with van der Waals surface area (Å²) in [5.74, 6) is 1.80. The minimum atomic E-state index is -0.750. The SMILES string of the molecule is CC1CCC(C(C)C)C(OC(=O)C2(N)CCCCC2C)C1. The molecule has 2 fully saturated rings. The molecule has 0 amide bonds. The maximum atomic E-state index is 12.7. The molecule has 3 nitrogen and oxygen atoms in total. The Balaban J connectivity index is 2.05. The van der Waals surface area contributed by atoms with Gasteiger partial charge in [-0.3, -0.25) is 4.79 Å². The summed E-state index contributed by atoms with van der Waals surface area (Å²) < 4.78 is 5.98. The van der Waals surface area contributed by atoms with Gasteiger partial charge in [0.15, 0.2) is 0 Å². The Kier molecular flexibility index (Phi) is 5.34. The van der Waals surface area contributed by atoms with Crippen molar-refractivity contribution >= 4 is 5.97 Å². The molecule has 122 valence electrons. The van der Waals surface area contributed by atoms with E-state index in [1.54, 1.807) is 0 Å². The van der Waals surface area contributed by atoms with Gasteiger partial charge in [-0.05, 0) is 49.4 Å². The summed E-state index contributed by atoms with van der Waals surface area (Å²) in [6, 6.07) is 0. The van der Waals surface area contributed by atoms with Crippen molar-refractivity contribution in [1.82, 2.24) is 0 Å². The van der Waals surface area contributed by atoms with Crippen LogP contribution in [0, 0.1) is 23.7 Å². The molecular weight excluding hydrogens is 262 g/mol. The molecule has 2 aliphatic rings. The van der Waals surface area contributed by atoms with E-state index in [0.717, 1.165) is 25.7 Å². The van der Waals surface area contributed by atoms with Crippen LogP contribution in [-0.4, -0.2) is 17.6 Å². The first-order valence-electron chi connectivity index (χ1n) is 8.84. The third kappa shape index (κ3) is 3.61. The average Bonchev–Trinajstić information content (AvgIpc) is 2.42. The van der Waals surface area contributed by atoms with Gasteiger partial charge in [-0.2, -0.15) is 0 Å². The summed E-state index contributed by atoms with van der Waals surface area (Å²) in [6.07, 6.45) is 7.54. The maximum Gasteiger partial charge on any atom is 0.326 e. The number of hydrogen-bond acceptors (Lipinski definition) is 3. The van der Waals surface area contributed by atoms with Gasteiger partial charge < -0.3 is 10.5 Å². The summed E-state index contributed by atoms with van der Waals surface area (Å²) in [5, 5.41) is 0. The molecule has 0 heterocycles. The Morgan fingerprint density at radius 3 is 2.52 bits per heavy atom. The number of carbonyl (C=O) groups is 1. The fraction of sp³-hybridized carbons (Fsp3) is 0.944. The highest BCUT2D eigenvalue weighted by atomic mass is 16.5. The number of nitrogens with two attached hydrogens (primary N) is 1. The number of ether oxygens (including phenoxy) is 1. The van der Waals surface area contributed by atoms with Gasteiger partial charge >= 0.3 is 5.97 Å². The van der Waals surface area contributed by atoms with Gasteiger partial charge in [0.25, 0.3) is 0 Å². The smallest absolute Gasteiger partial charge is 0.326 e. The molecule has 3 heteroatoms. The Morgan fingerprint density at radius 1 is 1.19 bits per heavy atom. The molecule has 0 radical (unpaired) electrons. The van der Waals surface area contributed by atoms with Crippen LogP contribution in [0.25, 0.3) is 0 Å². The molecule has 0 aliphatic heterocycles. The summed E-state index contributed by atoms with van der Waals surface area (Å²) in [7, 11) is 0. The van der Waals surface area contributed by atoms with Crippen LogP contribution in [0.4, 0.5) is 0 Å². The van der Waals surface area contributed by atoms with Gasteiger partial charge in [-0.1, -0.05) is 47.0 Å². The predicted molar refractivity (Wildman–Crippen MR) is 85.8 cm³/mol. The molecule has 5 unspecified atom stereocenters. The second-order valence-corrected chi connectivity index (χ2v) is 7.96. The highest BCUT2D eigenvalue weighted by Crippen LogP contribution is 2.38. The fourth-order valence-corrected chi connectivity index (χ4v) is 4.17. The molecule has 2 aliphatic carbocycles. The molecule has 21 heavy (non-hydrogen) atoms. The largest absolute Gasteiger partial charge is 0.461 e. The van der Waals surface area contributed by atoms with Gasteiger partial charge in [-0.25, -0.2) is 0 Å². The Hall–Kier alpha value is -0.570. The molecular formula is C18H33NO2. The Morgan fingerprint density at radius 2 is 1.90 bits per heavy atom. The topological polar surface area (TPSA) is 52.3 Å². The summed E-state index contributed by atoms with van der Waals surface area (Å²) in [6.45, 7) is 8.84. The van der Waals surface area contributed by atoms with E-state index >= 15 is 0 Å². The first-order chi connectivity index (χ1) is 9.84. The first kappa shape index (κ1) is 16.8. The van der Waals surface area contributed by atoms with Crippen molar-refractivity contribution in [2.45, 2.75) is 84.3 Å². The van der Waals surface area contributed by atoms with Crippen LogP contribution in [0.3, 0.4) is 0 Å². The van der Waals surface area contributed by atoms with Crippen LogP contribution in [0.5, 0.6) is 0 Å². The highest BCUT2D eigenvalue weighted by Gasteiger charge is 2.45. The van der Waals surface area contributed by atoms with Crippen molar-refractivity contribution in [3.63, 3.8) is 0 Å².